The first-order valence-corrected chi connectivity index (χ1v) is 6.13. The van der Waals surface area contributed by atoms with Crippen LogP contribution in [0, 0.1) is 0 Å². The van der Waals surface area contributed by atoms with E-state index in [4.69, 9.17) is 17.3 Å². The summed E-state index contributed by atoms with van der Waals surface area (Å²) in [6, 6.07) is 11.0. The minimum absolute atomic E-state index is 0.187. The third-order valence-electron chi connectivity index (χ3n) is 2.94. The number of halogens is 1. The van der Waals surface area contributed by atoms with Crippen molar-refractivity contribution in [3.05, 3.63) is 64.9 Å². The van der Waals surface area contributed by atoms with Crippen molar-refractivity contribution in [2.24, 2.45) is 5.73 Å². The van der Waals surface area contributed by atoms with Crippen molar-refractivity contribution in [3.63, 3.8) is 0 Å². The lowest BCUT2D eigenvalue weighted by atomic mass is 9.90. The third kappa shape index (κ3) is 2.88. The summed E-state index contributed by atoms with van der Waals surface area (Å²) in [5, 5.41) is 11.0. The molecule has 3 N–H and O–H groups in total. The molecule has 0 saturated carbocycles. The highest BCUT2D eigenvalue weighted by atomic mass is 35.5. The summed E-state index contributed by atoms with van der Waals surface area (Å²) in [5.74, 6) is -0.187. The van der Waals surface area contributed by atoms with E-state index in [0.717, 1.165) is 11.1 Å². The summed E-state index contributed by atoms with van der Waals surface area (Å²) in [7, 11) is 0. The lowest BCUT2D eigenvalue weighted by molar-refractivity contribution is 0.147. The molecule has 0 spiro atoms. The third-order valence-corrected chi connectivity index (χ3v) is 3.17. The molecule has 94 valence electrons. The smallest absolute Gasteiger partial charge is 0.0885 e. The molecule has 1 aromatic carbocycles. The highest BCUT2D eigenvalue weighted by Gasteiger charge is 2.21. The second-order valence-electron chi connectivity index (χ2n) is 4.13. The van der Waals surface area contributed by atoms with Crippen molar-refractivity contribution >= 4 is 11.6 Å². The van der Waals surface area contributed by atoms with Gasteiger partial charge in [-0.1, -0.05) is 29.8 Å². The summed E-state index contributed by atoms with van der Waals surface area (Å²) in [6.07, 6.45) is 2.65. The predicted octanol–water partition coefficient (Wildman–Crippen LogP) is 2.51. The minimum atomic E-state index is -0.679. The first-order chi connectivity index (χ1) is 8.72. The van der Waals surface area contributed by atoms with Crippen LogP contribution in [0.1, 0.15) is 23.1 Å². The van der Waals surface area contributed by atoms with Crippen LogP contribution in [0.2, 0.25) is 5.02 Å². The van der Waals surface area contributed by atoms with Gasteiger partial charge in [-0.2, -0.15) is 0 Å². The fraction of sp³-hybridized carbons (Fsp3) is 0.214. The Morgan fingerprint density at radius 1 is 1.22 bits per heavy atom. The maximum atomic E-state index is 10.4. The number of rotatable bonds is 4. The number of hydrogen-bond acceptors (Lipinski definition) is 3. The van der Waals surface area contributed by atoms with Crippen LogP contribution in [0.3, 0.4) is 0 Å². The van der Waals surface area contributed by atoms with Gasteiger partial charge in [-0.05, 0) is 29.3 Å². The number of nitrogens with two attached hydrogens (primary N) is 1. The summed E-state index contributed by atoms with van der Waals surface area (Å²) in [5.41, 5.74) is 7.46. The van der Waals surface area contributed by atoms with Crippen LogP contribution in [0.5, 0.6) is 0 Å². The minimum Gasteiger partial charge on any atom is -0.388 e. The Bertz CT molecular complexity index is 504. The molecule has 1 heterocycles. The average Bonchev–Trinajstić information content (AvgIpc) is 2.40. The van der Waals surface area contributed by atoms with Gasteiger partial charge in [0.1, 0.15) is 0 Å². The summed E-state index contributed by atoms with van der Waals surface area (Å²) >= 11 is 5.96. The molecule has 3 nitrogen and oxygen atoms in total. The summed E-state index contributed by atoms with van der Waals surface area (Å²) in [6.45, 7) is 0.344. The van der Waals surface area contributed by atoms with Crippen molar-refractivity contribution in [3.8, 4) is 0 Å². The van der Waals surface area contributed by atoms with Crippen LogP contribution in [0.25, 0.3) is 0 Å². The first-order valence-electron chi connectivity index (χ1n) is 5.76. The van der Waals surface area contributed by atoms with Crippen molar-refractivity contribution in [2.75, 3.05) is 6.54 Å². The Morgan fingerprint density at radius 3 is 2.61 bits per heavy atom. The van der Waals surface area contributed by atoms with Gasteiger partial charge in [0.25, 0.3) is 0 Å². The SMILES string of the molecule is NCC(c1cccc(Cl)c1)C(O)c1cccnc1. The van der Waals surface area contributed by atoms with Gasteiger partial charge < -0.3 is 10.8 Å². The molecule has 2 atom stereocenters. The Hall–Kier alpha value is -1.42. The van der Waals surface area contributed by atoms with E-state index < -0.39 is 6.10 Å². The fourth-order valence-corrected chi connectivity index (χ4v) is 2.17. The molecule has 0 bridgehead atoms. The van der Waals surface area contributed by atoms with Crippen molar-refractivity contribution < 1.29 is 5.11 Å². The Morgan fingerprint density at radius 2 is 2.00 bits per heavy atom. The van der Waals surface area contributed by atoms with E-state index in [2.05, 4.69) is 4.98 Å². The number of hydrogen-bond donors (Lipinski definition) is 2. The Balaban J connectivity index is 2.29. The van der Waals surface area contributed by atoms with Gasteiger partial charge in [-0.15, -0.1) is 0 Å². The first kappa shape index (κ1) is 13.0. The molecular formula is C14H15ClN2O. The van der Waals surface area contributed by atoms with Gasteiger partial charge in [0.05, 0.1) is 6.10 Å². The van der Waals surface area contributed by atoms with Crippen molar-refractivity contribution in [1.82, 2.24) is 4.98 Å². The number of aliphatic hydroxyl groups excluding tert-OH is 1. The average molecular weight is 263 g/mol. The molecule has 0 radical (unpaired) electrons. The van der Waals surface area contributed by atoms with E-state index in [1.807, 2.05) is 24.3 Å². The highest BCUT2D eigenvalue weighted by Crippen LogP contribution is 2.30. The molecule has 0 saturated heterocycles. The van der Waals surface area contributed by atoms with Gasteiger partial charge in [0.15, 0.2) is 0 Å². The zero-order chi connectivity index (χ0) is 13.0. The zero-order valence-electron chi connectivity index (χ0n) is 9.83. The van der Waals surface area contributed by atoms with E-state index in [9.17, 15) is 5.11 Å². The van der Waals surface area contributed by atoms with Crippen molar-refractivity contribution in [1.29, 1.82) is 0 Å². The van der Waals surface area contributed by atoms with Crippen molar-refractivity contribution in [2.45, 2.75) is 12.0 Å². The lowest BCUT2D eigenvalue weighted by Gasteiger charge is -2.22. The second kappa shape index (κ2) is 5.96. The van der Waals surface area contributed by atoms with E-state index >= 15 is 0 Å². The van der Waals surface area contributed by atoms with Crippen LogP contribution in [-0.2, 0) is 0 Å². The van der Waals surface area contributed by atoms with E-state index in [1.54, 1.807) is 24.5 Å². The van der Waals surface area contributed by atoms with Crippen LogP contribution < -0.4 is 5.73 Å². The molecule has 2 aromatic rings. The van der Waals surface area contributed by atoms with E-state index in [-0.39, 0.29) is 5.92 Å². The number of aliphatic hydroxyl groups is 1. The lowest BCUT2D eigenvalue weighted by Crippen LogP contribution is -2.20. The van der Waals surface area contributed by atoms with Gasteiger partial charge in [-0.25, -0.2) is 0 Å². The van der Waals surface area contributed by atoms with Gasteiger partial charge in [0, 0.05) is 29.9 Å². The van der Waals surface area contributed by atoms with Gasteiger partial charge in [-0.3, -0.25) is 4.98 Å². The molecule has 2 unspecified atom stereocenters. The molecule has 0 amide bonds. The largest absolute Gasteiger partial charge is 0.388 e. The number of pyridine rings is 1. The predicted molar refractivity (Wildman–Crippen MR) is 72.4 cm³/mol. The highest BCUT2D eigenvalue weighted by molar-refractivity contribution is 6.30. The number of nitrogens with zero attached hydrogens (tertiary/aromatic N) is 1. The molecule has 0 aliphatic heterocycles. The van der Waals surface area contributed by atoms with E-state index in [1.165, 1.54) is 0 Å². The molecule has 2 rings (SSSR count). The molecule has 18 heavy (non-hydrogen) atoms. The number of aromatic nitrogens is 1. The maximum Gasteiger partial charge on any atom is 0.0885 e. The van der Waals surface area contributed by atoms with Crippen LogP contribution in [0.15, 0.2) is 48.8 Å². The molecule has 1 aromatic heterocycles. The topological polar surface area (TPSA) is 59.1 Å². The monoisotopic (exact) mass is 262 g/mol. The molecule has 0 aliphatic carbocycles. The zero-order valence-corrected chi connectivity index (χ0v) is 10.6. The Labute approximate surface area is 111 Å². The molecular weight excluding hydrogens is 248 g/mol. The summed E-state index contributed by atoms with van der Waals surface area (Å²) < 4.78 is 0. The Kier molecular flexibility index (Phi) is 4.31. The van der Waals surface area contributed by atoms with Gasteiger partial charge in [0.2, 0.25) is 0 Å². The van der Waals surface area contributed by atoms with Gasteiger partial charge >= 0.3 is 0 Å². The molecule has 0 aliphatic rings. The van der Waals surface area contributed by atoms with E-state index in [0.29, 0.717) is 11.6 Å². The molecule has 4 heteroatoms. The second-order valence-corrected chi connectivity index (χ2v) is 4.56. The van der Waals surface area contributed by atoms with Crippen LogP contribution in [-0.4, -0.2) is 16.6 Å². The maximum absolute atomic E-state index is 10.4. The molecule has 0 fully saturated rings. The normalized spacial score (nSPS) is 14.2. The van der Waals surface area contributed by atoms with Crippen LogP contribution >= 0.6 is 11.6 Å². The standard InChI is InChI=1S/C14H15ClN2O/c15-12-5-1-3-10(7-12)13(8-16)14(18)11-4-2-6-17-9-11/h1-7,9,13-14,18H,8,16H2. The quantitative estimate of drug-likeness (QED) is 0.890. The number of benzene rings is 1. The fourth-order valence-electron chi connectivity index (χ4n) is 1.97. The summed E-state index contributed by atoms with van der Waals surface area (Å²) in [4.78, 5) is 4.01. The van der Waals surface area contributed by atoms with Crippen LogP contribution in [0.4, 0.5) is 0 Å².